The van der Waals surface area contributed by atoms with Crippen molar-refractivity contribution in [1.82, 2.24) is 0 Å². The number of ketones is 1. The van der Waals surface area contributed by atoms with Crippen molar-refractivity contribution in [2.45, 2.75) is 77.7 Å². The molecule has 0 bridgehead atoms. The predicted octanol–water partition coefficient (Wildman–Crippen LogP) is 4.40. The van der Waals surface area contributed by atoms with E-state index in [-0.39, 0.29) is 18.0 Å². The van der Waals surface area contributed by atoms with Crippen molar-refractivity contribution < 1.29 is 19.7 Å². The van der Waals surface area contributed by atoms with E-state index < -0.39 is 6.10 Å². The van der Waals surface area contributed by atoms with E-state index in [9.17, 15) is 15.0 Å². The first-order valence-electron chi connectivity index (χ1n) is 9.21. The van der Waals surface area contributed by atoms with Gasteiger partial charge in [0.2, 0.25) is 0 Å². The minimum Gasteiger partial charge on any atom is -0.504 e. The van der Waals surface area contributed by atoms with Gasteiger partial charge in [-0.1, -0.05) is 45.1 Å². The lowest BCUT2D eigenvalue weighted by atomic mass is 10.0. The Hall–Kier alpha value is -1.55. The minimum absolute atomic E-state index is 0.0853. The summed E-state index contributed by atoms with van der Waals surface area (Å²) in [5, 5.41) is 19.6. The molecule has 0 radical (unpaired) electrons. The Morgan fingerprint density at radius 2 is 1.92 bits per heavy atom. The SMILES string of the molecule is CCCCCCCC(O)CC(=O)CCc1ccc(O)c(OCC)c1. The maximum atomic E-state index is 12.0. The van der Waals surface area contributed by atoms with E-state index in [0.29, 0.717) is 31.6 Å². The van der Waals surface area contributed by atoms with Crippen LogP contribution in [0.2, 0.25) is 0 Å². The molecule has 0 aliphatic rings. The normalized spacial score (nSPS) is 12.1. The fraction of sp³-hybridized carbons (Fsp3) is 0.650. The standard InChI is InChI=1S/C20H32O4/c1-3-5-6-7-8-9-17(21)15-18(22)12-10-16-11-13-19(23)20(14-16)24-4-2/h11,13-14,17,21,23H,3-10,12,15H2,1-2H3. The number of carbonyl (C=O) groups excluding carboxylic acids is 1. The summed E-state index contributed by atoms with van der Waals surface area (Å²) < 4.78 is 5.35. The number of hydrogen-bond acceptors (Lipinski definition) is 4. The van der Waals surface area contributed by atoms with Crippen LogP contribution < -0.4 is 4.74 Å². The summed E-state index contributed by atoms with van der Waals surface area (Å²) in [7, 11) is 0. The largest absolute Gasteiger partial charge is 0.504 e. The molecular formula is C20H32O4. The van der Waals surface area contributed by atoms with Gasteiger partial charge in [-0.15, -0.1) is 0 Å². The second-order valence-corrected chi connectivity index (χ2v) is 6.33. The van der Waals surface area contributed by atoms with Gasteiger partial charge in [0.1, 0.15) is 5.78 Å². The minimum atomic E-state index is -0.516. The second kappa shape index (κ2) is 11.9. The van der Waals surface area contributed by atoms with Gasteiger partial charge in [-0.2, -0.15) is 0 Å². The van der Waals surface area contributed by atoms with Gasteiger partial charge in [0.15, 0.2) is 11.5 Å². The third-order valence-corrected chi connectivity index (χ3v) is 4.12. The highest BCUT2D eigenvalue weighted by Crippen LogP contribution is 2.27. The van der Waals surface area contributed by atoms with Crippen molar-refractivity contribution in [3.8, 4) is 11.5 Å². The van der Waals surface area contributed by atoms with E-state index in [4.69, 9.17) is 4.74 Å². The average Bonchev–Trinajstić information content (AvgIpc) is 2.55. The van der Waals surface area contributed by atoms with Crippen LogP contribution in [0.4, 0.5) is 0 Å². The lowest BCUT2D eigenvalue weighted by Crippen LogP contribution is -2.14. The Bertz CT molecular complexity index is 485. The predicted molar refractivity (Wildman–Crippen MR) is 96.6 cm³/mol. The highest BCUT2D eigenvalue weighted by Gasteiger charge is 2.11. The zero-order valence-electron chi connectivity index (χ0n) is 15.1. The summed E-state index contributed by atoms with van der Waals surface area (Å²) in [6, 6.07) is 5.17. The summed E-state index contributed by atoms with van der Waals surface area (Å²) in [6.07, 6.45) is 7.23. The lowest BCUT2D eigenvalue weighted by Gasteiger charge is -2.10. The van der Waals surface area contributed by atoms with Crippen LogP contribution in [0.5, 0.6) is 11.5 Å². The number of phenols is 1. The molecule has 0 aliphatic heterocycles. The summed E-state index contributed by atoms with van der Waals surface area (Å²) in [4.78, 5) is 12.0. The van der Waals surface area contributed by atoms with E-state index in [0.717, 1.165) is 18.4 Å². The van der Waals surface area contributed by atoms with Crippen molar-refractivity contribution in [2.24, 2.45) is 0 Å². The fourth-order valence-electron chi connectivity index (χ4n) is 2.72. The quantitative estimate of drug-likeness (QED) is 0.524. The lowest BCUT2D eigenvalue weighted by molar-refractivity contribution is -0.121. The van der Waals surface area contributed by atoms with Crippen molar-refractivity contribution in [2.75, 3.05) is 6.61 Å². The van der Waals surface area contributed by atoms with Crippen LogP contribution in [0, 0.1) is 0 Å². The molecule has 136 valence electrons. The zero-order chi connectivity index (χ0) is 17.8. The molecule has 1 aromatic rings. The van der Waals surface area contributed by atoms with E-state index in [1.165, 1.54) is 19.3 Å². The molecule has 0 fully saturated rings. The van der Waals surface area contributed by atoms with Gasteiger partial charge < -0.3 is 14.9 Å². The highest BCUT2D eigenvalue weighted by molar-refractivity contribution is 5.79. The van der Waals surface area contributed by atoms with Gasteiger partial charge in [0, 0.05) is 12.8 Å². The second-order valence-electron chi connectivity index (χ2n) is 6.33. The van der Waals surface area contributed by atoms with Crippen molar-refractivity contribution in [3.05, 3.63) is 23.8 Å². The van der Waals surface area contributed by atoms with Crippen LogP contribution in [0.3, 0.4) is 0 Å². The number of phenolic OH excluding ortho intramolecular Hbond substituents is 1. The number of hydrogen-bond donors (Lipinski definition) is 2. The van der Waals surface area contributed by atoms with Crippen LogP contribution in [0.15, 0.2) is 18.2 Å². The van der Waals surface area contributed by atoms with Gasteiger partial charge in [-0.05, 0) is 37.5 Å². The molecule has 4 heteroatoms. The Kier molecular flexibility index (Phi) is 10.2. The molecule has 0 spiro atoms. The average molecular weight is 336 g/mol. The third kappa shape index (κ3) is 8.34. The first-order valence-corrected chi connectivity index (χ1v) is 9.21. The van der Waals surface area contributed by atoms with Gasteiger partial charge >= 0.3 is 0 Å². The fourth-order valence-corrected chi connectivity index (χ4v) is 2.72. The summed E-state index contributed by atoms with van der Waals surface area (Å²) >= 11 is 0. The molecule has 4 nitrogen and oxygen atoms in total. The van der Waals surface area contributed by atoms with Gasteiger partial charge in [-0.3, -0.25) is 4.79 Å². The van der Waals surface area contributed by atoms with E-state index in [1.807, 2.05) is 6.92 Å². The summed E-state index contributed by atoms with van der Waals surface area (Å²) in [5.74, 6) is 0.655. The molecule has 0 heterocycles. The Labute approximate surface area is 145 Å². The molecule has 1 atom stereocenters. The number of aromatic hydroxyl groups is 1. The first-order chi connectivity index (χ1) is 11.6. The molecular weight excluding hydrogens is 304 g/mol. The van der Waals surface area contributed by atoms with Crippen molar-refractivity contribution in [1.29, 1.82) is 0 Å². The maximum absolute atomic E-state index is 12.0. The van der Waals surface area contributed by atoms with E-state index >= 15 is 0 Å². The monoisotopic (exact) mass is 336 g/mol. The van der Waals surface area contributed by atoms with E-state index in [2.05, 4.69) is 6.92 Å². The molecule has 1 unspecified atom stereocenters. The number of Topliss-reactive ketones (excluding diaryl/α,β-unsaturated/α-hetero) is 1. The number of rotatable bonds is 13. The molecule has 0 amide bonds. The number of ether oxygens (including phenoxy) is 1. The van der Waals surface area contributed by atoms with Crippen LogP contribution >= 0.6 is 0 Å². The smallest absolute Gasteiger partial charge is 0.161 e. The number of aliphatic hydroxyl groups excluding tert-OH is 1. The topological polar surface area (TPSA) is 66.8 Å². The van der Waals surface area contributed by atoms with E-state index in [1.54, 1.807) is 18.2 Å². The maximum Gasteiger partial charge on any atom is 0.161 e. The van der Waals surface area contributed by atoms with Gasteiger partial charge in [0.05, 0.1) is 12.7 Å². The highest BCUT2D eigenvalue weighted by atomic mass is 16.5. The van der Waals surface area contributed by atoms with Crippen molar-refractivity contribution in [3.63, 3.8) is 0 Å². The van der Waals surface area contributed by atoms with Crippen molar-refractivity contribution >= 4 is 5.78 Å². The Morgan fingerprint density at radius 1 is 1.17 bits per heavy atom. The summed E-state index contributed by atoms with van der Waals surface area (Å²) in [6.45, 7) is 4.53. The molecule has 1 rings (SSSR count). The number of aryl methyl sites for hydroxylation is 1. The molecule has 0 aliphatic carbocycles. The Balaban J connectivity index is 2.29. The molecule has 24 heavy (non-hydrogen) atoms. The zero-order valence-corrected chi connectivity index (χ0v) is 15.1. The first kappa shape index (κ1) is 20.5. The number of aliphatic hydroxyl groups is 1. The molecule has 0 saturated heterocycles. The molecule has 0 saturated carbocycles. The third-order valence-electron chi connectivity index (χ3n) is 4.12. The molecule has 2 N–H and O–H groups in total. The van der Waals surface area contributed by atoms with Gasteiger partial charge in [-0.25, -0.2) is 0 Å². The van der Waals surface area contributed by atoms with Crippen LogP contribution in [0.1, 0.15) is 70.8 Å². The molecule has 0 aromatic heterocycles. The van der Waals surface area contributed by atoms with Gasteiger partial charge in [0.25, 0.3) is 0 Å². The van der Waals surface area contributed by atoms with Crippen LogP contribution in [0.25, 0.3) is 0 Å². The summed E-state index contributed by atoms with van der Waals surface area (Å²) in [5.41, 5.74) is 0.957. The van der Waals surface area contributed by atoms with Crippen LogP contribution in [-0.2, 0) is 11.2 Å². The Morgan fingerprint density at radius 3 is 2.62 bits per heavy atom. The molecule has 1 aromatic carbocycles. The number of benzene rings is 1. The number of carbonyl (C=O) groups is 1. The number of unbranched alkanes of at least 4 members (excludes halogenated alkanes) is 4. The van der Waals surface area contributed by atoms with Crippen LogP contribution in [-0.4, -0.2) is 28.7 Å².